The van der Waals surface area contributed by atoms with E-state index in [-0.39, 0.29) is 16.8 Å². The van der Waals surface area contributed by atoms with Gasteiger partial charge >= 0.3 is 6.18 Å². The molecular weight excluding hydrogens is 353 g/mol. The van der Waals surface area contributed by atoms with Gasteiger partial charge < -0.3 is 5.32 Å². The number of carbonyl (C=O) groups is 1. The molecule has 2 heterocycles. The van der Waals surface area contributed by atoms with Gasteiger partial charge in [0.25, 0.3) is 5.82 Å². The molecule has 2 aromatic heterocycles. The van der Waals surface area contributed by atoms with Gasteiger partial charge in [0.1, 0.15) is 0 Å². The predicted octanol–water partition coefficient (Wildman–Crippen LogP) is 4.13. The quantitative estimate of drug-likeness (QED) is 0.758. The van der Waals surface area contributed by atoms with Crippen LogP contribution in [0.5, 0.6) is 0 Å². The van der Waals surface area contributed by atoms with Gasteiger partial charge in [0.15, 0.2) is 0 Å². The fraction of sp³-hybridized carbons (Fsp3) is 0.312. The highest BCUT2D eigenvalue weighted by molar-refractivity contribution is 7.15. The van der Waals surface area contributed by atoms with Crippen molar-refractivity contribution >= 4 is 27.9 Å². The van der Waals surface area contributed by atoms with E-state index in [0.29, 0.717) is 16.9 Å². The number of anilines is 1. The molecule has 1 aliphatic rings. The molecule has 130 valence electrons. The molecule has 0 saturated heterocycles. The van der Waals surface area contributed by atoms with Crippen molar-refractivity contribution in [2.45, 2.75) is 25.9 Å². The summed E-state index contributed by atoms with van der Waals surface area (Å²) < 4.78 is 39.8. The smallest absolute Gasteiger partial charge is 0.325 e. The summed E-state index contributed by atoms with van der Waals surface area (Å²) in [6.07, 6.45) is -2.86. The number of hydrogen-bond acceptors (Lipinski definition) is 4. The minimum atomic E-state index is -4.60. The lowest BCUT2D eigenvalue weighted by atomic mass is 10.1. The average Bonchev–Trinajstić information content (AvgIpc) is 3.17. The summed E-state index contributed by atoms with van der Waals surface area (Å²) in [7, 11) is 0. The topological polar surface area (TPSA) is 59.3 Å². The third-order valence-electron chi connectivity index (χ3n) is 3.99. The van der Waals surface area contributed by atoms with Crippen LogP contribution in [0.2, 0.25) is 0 Å². The fourth-order valence-corrected chi connectivity index (χ4v) is 3.37. The molecule has 1 N–H and O–H groups in total. The predicted molar refractivity (Wildman–Crippen MR) is 87.4 cm³/mol. The monoisotopic (exact) mass is 366 g/mol. The van der Waals surface area contributed by atoms with Crippen LogP contribution in [0.4, 0.5) is 18.9 Å². The molecule has 0 aliphatic heterocycles. The number of thiazole rings is 1. The fourth-order valence-electron chi connectivity index (χ4n) is 2.55. The minimum Gasteiger partial charge on any atom is -0.325 e. The molecule has 9 heteroatoms. The summed E-state index contributed by atoms with van der Waals surface area (Å²) in [5.41, 5.74) is 2.58. The van der Waals surface area contributed by atoms with E-state index < -0.39 is 12.0 Å². The van der Waals surface area contributed by atoms with Crippen LogP contribution in [0.15, 0.2) is 23.6 Å². The van der Waals surface area contributed by atoms with Gasteiger partial charge in [0, 0.05) is 16.9 Å². The van der Waals surface area contributed by atoms with Crippen molar-refractivity contribution in [3.05, 3.63) is 35.0 Å². The van der Waals surface area contributed by atoms with Crippen LogP contribution in [0, 0.1) is 12.8 Å². The van der Waals surface area contributed by atoms with E-state index in [4.69, 9.17) is 0 Å². The average molecular weight is 366 g/mol. The Kier molecular flexibility index (Phi) is 3.57. The third kappa shape index (κ3) is 2.99. The number of nitrogens with zero attached hydrogens (tertiary/aromatic N) is 3. The molecule has 0 spiro atoms. The zero-order valence-corrected chi connectivity index (χ0v) is 13.9. The molecule has 1 fully saturated rings. The van der Waals surface area contributed by atoms with Gasteiger partial charge in [0.05, 0.1) is 11.4 Å². The Balaban J connectivity index is 1.80. The van der Waals surface area contributed by atoms with E-state index in [1.165, 1.54) is 4.52 Å². The maximum atomic E-state index is 12.9. The number of aryl methyl sites for hydroxylation is 1. The first kappa shape index (κ1) is 16.1. The summed E-state index contributed by atoms with van der Waals surface area (Å²) in [5.74, 6) is -1.21. The lowest BCUT2D eigenvalue weighted by Crippen LogP contribution is -2.14. The zero-order valence-electron chi connectivity index (χ0n) is 13.1. The van der Waals surface area contributed by atoms with Crippen molar-refractivity contribution in [3.63, 3.8) is 0 Å². The van der Waals surface area contributed by atoms with Crippen LogP contribution in [0.25, 0.3) is 16.2 Å². The van der Waals surface area contributed by atoms with Gasteiger partial charge in [-0.05, 0) is 31.9 Å². The van der Waals surface area contributed by atoms with E-state index in [0.717, 1.165) is 29.7 Å². The molecule has 0 radical (unpaired) electrons. The number of rotatable bonds is 3. The van der Waals surface area contributed by atoms with Crippen LogP contribution in [-0.2, 0) is 11.0 Å². The molecule has 3 aromatic rings. The third-order valence-corrected chi connectivity index (χ3v) is 4.81. The number of fused-ring (bicyclic) bond motifs is 1. The van der Waals surface area contributed by atoms with Gasteiger partial charge in [-0.2, -0.15) is 18.2 Å². The van der Waals surface area contributed by atoms with Crippen molar-refractivity contribution in [2.24, 2.45) is 5.92 Å². The van der Waals surface area contributed by atoms with Crippen molar-refractivity contribution in [1.82, 2.24) is 14.6 Å². The number of benzene rings is 1. The minimum absolute atomic E-state index is 0.0276. The van der Waals surface area contributed by atoms with Gasteiger partial charge in [-0.3, -0.25) is 4.79 Å². The molecule has 1 aliphatic carbocycles. The Hall–Kier alpha value is -2.42. The Morgan fingerprint density at radius 1 is 1.36 bits per heavy atom. The van der Waals surface area contributed by atoms with Gasteiger partial charge in [0.2, 0.25) is 10.9 Å². The summed E-state index contributed by atoms with van der Waals surface area (Å²) in [6.45, 7) is 1.88. The number of aromatic nitrogens is 3. The van der Waals surface area contributed by atoms with E-state index in [1.54, 1.807) is 11.4 Å². The molecule has 0 bridgehead atoms. The lowest BCUT2D eigenvalue weighted by molar-refractivity contribution is -0.144. The molecule has 5 nitrogen and oxygen atoms in total. The maximum absolute atomic E-state index is 12.9. The number of amides is 1. The van der Waals surface area contributed by atoms with Crippen molar-refractivity contribution in [3.8, 4) is 11.3 Å². The van der Waals surface area contributed by atoms with E-state index >= 15 is 0 Å². The summed E-state index contributed by atoms with van der Waals surface area (Å²) >= 11 is 1.07. The molecule has 1 aromatic carbocycles. The maximum Gasteiger partial charge on any atom is 0.453 e. The molecule has 1 amide bonds. The molecular formula is C16H13F3N4OS. The number of hydrogen-bond donors (Lipinski definition) is 1. The normalized spacial score (nSPS) is 14.9. The summed E-state index contributed by atoms with van der Waals surface area (Å²) in [5, 5.41) is 8.16. The summed E-state index contributed by atoms with van der Waals surface area (Å²) in [4.78, 5) is 15.8. The number of nitrogens with one attached hydrogen (secondary N) is 1. The lowest BCUT2D eigenvalue weighted by Gasteiger charge is -2.11. The van der Waals surface area contributed by atoms with Crippen LogP contribution in [-0.4, -0.2) is 20.5 Å². The Bertz CT molecular complexity index is 972. The number of halogens is 3. The van der Waals surface area contributed by atoms with Crippen LogP contribution >= 0.6 is 11.3 Å². The van der Waals surface area contributed by atoms with E-state index in [1.807, 2.05) is 19.1 Å². The Labute approximate surface area is 144 Å². The number of carbonyl (C=O) groups excluding carboxylic acids is 1. The van der Waals surface area contributed by atoms with Crippen LogP contribution in [0.3, 0.4) is 0 Å². The molecule has 4 rings (SSSR count). The van der Waals surface area contributed by atoms with Gasteiger partial charge in [-0.1, -0.05) is 11.6 Å². The van der Waals surface area contributed by atoms with E-state index in [2.05, 4.69) is 15.4 Å². The summed E-state index contributed by atoms with van der Waals surface area (Å²) in [6, 6.07) is 5.42. The highest BCUT2D eigenvalue weighted by Crippen LogP contribution is 2.36. The standard InChI is InChI=1S/C16H13F3N4OS/c1-8-2-5-11(20-13(24)9-3-4-9)10(6-8)12-7-25-15-21-14(16(17,18)19)22-23(12)15/h2,5-7,9H,3-4H2,1H3,(H,20,24). The van der Waals surface area contributed by atoms with E-state index in [9.17, 15) is 18.0 Å². The van der Waals surface area contributed by atoms with Gasteiger partial charge in [-0.15, -0.1) is 16.4 Å². The van der Waals surface area contributed by atoms with Crippen molar-refractivity contribution in [1.29, 1.82) is 0 Å². The van der Waals surface area contributed by atoms with Crippen molar-refractivity contribution < 1.29 is 18.0 Å². The largest absolute Gasteiger partial charge is 0.453 e. The molecule has 0 unspecified atom stereocenters. The Morgan fingerprint density at radius 3 is 2.80 bits per heavy atom. The van der Waals surface area contributed by atoms with Gasteiger partial charge in [-0.25, -0.2) is 4.52 Å². The first-order valence-electron chi connectivity index (χ1n) is 7.66. The molecule has 25 heavy (non-hydrogen) atoms. The SMILES string of the molecule is Cc1ccc(NC(=O)C2CC2)c(-c2csc3nc(C(F)(F)F)nn23)c1. The van der Waals surface area contributed by atoms with Crippen LogP contribution in [0.1, 0.15) is 24.2 Å². The zero-order chi connectivity index (χ0) is 17.8. The second kappa shape index (κ2) is 5.55. The number of alkyl halides is 3. The second-order valence-corrected chi connectivity index (χ2v) is 6.90. The molecule has 0 atom stereocenters. The van der Waals surface area contributed by atoms with Crippen molar-refractivity contribution in [2.75, 3.05) is 5.32 Å². The molecule has 1 saturated carbocycles. The highest BCUT2D eigenvalue weighted by atomic mass is 32.1. The first-order chi connectivity index (χ1) is 11.8. The Morgan fingerprint density at radius 2 is 2.12 bits per heavy atom. The highest BCUT2D eigenvalue weighted by Gasteiger charge is 2.37. The second-order valence-electron chi connectivity index (χ2n) is 6.06. The first-order valence-corrected chi connectivity index (χ1v) is 8.54. The van der Waals surface area contributed by atoms with Crippen LogP contribution < -0.4 is 5.32 Å².